The zero-order chi connectivity index (χ0) is 12.5. The molecule has 4 nitrogen and oxygen atoms in total. The van der Waals surface area contributed by atoms with E-state index in [1.807, 2.05) is 31.2 Å². The summed E-state index contributed by atoms with van der Waals surface area (Å²) in [5.41, 5.74) is 7.95. The largest absolute Gasteiger partial charge is 0.369 e. The topological polar surface area (TPSA) is 63.4 Å². The smallest absolute Gasteiger partial charge is 0.153 e. The molecular formula is C12H18N2O2S. The van der Waals surface area contributed by atoms with Crippen LogP contribution in [-0.4, -0.2) is 33.0 Å². The van der Waals surface area contributed by atoms with Gasteiger partial charge in [0.2, 0.25) is 0 Å². The van der Waals surface area contributed by atoms with Gasteiger partial charge in [-0.1, -0.05) is 12.1 Å². The molecule has 0 spiro atoms. The van der Waals surface area contributed by atoms with Gasteiger partial charge in [0.1, 0.15) is 0 Å². The van der Waals surface area contributed by atoms with E-state index in [1.165, 1.54) is 0 Å². The van der Waals surface area contributed by atoms with Crippen molar-refractivity contribution in [3.8, 4) is 0 Å². The monoisotopic (exact) mass is 254 g/mol. The van der Waals surface area contributed by atoms with Gasteiger partial charge in [-0.2, -0.15) is 0 Å². The summed E-state index contributed by atoms with van der Waals surface area (Å²) in [5, 5.41) is 0. The van der Waals surface area contributed by atoms with E-state index in [2.05, 4.69) is 4.90 Å². The zero-order valence-electron chi connectivity index (χ0n) is 9.96. The predicted octanol–water partition coefficient (Wildman–Crippen LogP) is 0.941. The molecule has 1 fully saturated rings. The van der Waals surface area contributed by atoms with Gasteiger partial charge < -0.3 is 10.6 Å². The molecule has 1 aromatic carbocycles. The summed E-state index contributed by atoms with van der Waals surface area (Å²) in [6.07, 6.45) is 0. The number of sulfone groups is 1. The second-order valence-electron chi connectivity index (χ2n) is 4.52. The SMILES string of the molecule is C[C@H](N)c1ccc(N2CCS(=O)(=O)CC2)cc1. The van der Waals surface area contributed by atoms with Gasteiger partial charge in [0.05, 0.1) is 11.5 Å². The second kappa shape index (κ2) is 4.66. The normalized spacial score (nSPS) is 21.2. The number of nitrogens with two attached hydrogens (primary N) is 1. The number of hydrogen-bond acceptors (Lipinski definition) is 4. The van der Waals surface area contributed by atoms with Crippen molar-refractivity contribution in [3.05, 3.63) is 29.8 Å². The molecule has 1 aliphatic heterocycles. The summed E-state index contributed by atoms with van der Waals surface area (Å²) in [6.45, 7) is 3.11. The highest BCUT2D eigenvalue weighted by atomic mass is 32.2. The lowest BCUT2D eigenvalue weighted by molar-refractivity contribution is 0.587. The van der Waals surface area contributed by atoms with Gasteiger partial charge in [-0.3, -0.25) is 0 Å². The minimum Gasteiger partial charge on any atom is -0.369 e. The van der Waals surface area contributed by atoms with E-state index in [4.69, 9.17) is 5.73 Å². The summed E-state index contributed by atoms with van der Waals surface area (Å²) in [4.78, 5) is 2.10. The van der Waals surface area contributed by atoms with E-state index in [1.54, 1.807) is 0 Å². The van der Waals surface area contributed by atoms with Gasteiger partial charge >= 0.3 is 0 Å². The highest BCUT2D eigenvalue weighted by Crippen LogP contribution is 2.19. The average Bonchev–Trinajstić information content (AvgIpc) is 2.29. The Morgan fingerprint density at radius 2 is 1.71 bits per heavy atom. The molecule has 2 N–H and O–H groups in total. The molecule has 94 valence electrons. The van der Waals surface area contributed by atoms with Crippen molar-refractivity contribution in [2.24, 2.45) is 5.73 Å². The van der Waals surface area contributed by atoms with Gasteiger partial charge in [0, 0.05) is 24.8 Å². The van der Waals surface area contributed by atoms with Crippen molar-refractivity contribution in [1.29, 1.82) is 0 Å². The molecule has 0 bridgehead atoms. The summed E-state index contributed by atoms with van der Waals surface area (Å²) in [5.74, 6) is 0.504. The number of rotatable bonds is 2. The molecule has 0 aliphatic carbocycles. The average molecular weight is 254 g/mol. The Hall–Kier alpha value is -1.07. The van der Waals surface area contributed by atoms with E-state index < -0.39 is 9.84 Å². The number of nitrogens with zero attached hydrogens (tertiary/aromatic N) is 1. The van der Waals surface area contributed by atoms with Crippen LogP contribution in [0.5, 0.6) is 0 Å². The van der Waals surface area contributed by atoms with Crippen molar-refractivity contribution >= 4 is 15.5 Å². The molecule has 1 saturated heterocycles. The van der Waals surface area contributed by atoms with Gasteiger partial charge in [-0.25, -0.2) is 8.42 Å². The molecule has 1 aliphatic rings. The standard InChI is InChI=1S/C12H18N2O2S/c1-10(13)11-2-4-12(5-3-11)14-6-8-17(15,16)9-7-14/h2-5,10H,6-9,13H2,1H3/t10-/m0/s1. The lowest BCUT2D eigenvalue weighted by atomic mass is 10.1. The van der Waals surface area contributed by atoms with Crippen LogP contribution in [0.1, 0.15) is 18.5 Å². The van der Waals surface area contributed by atoms with Crippen LogP contribution < -0.4 is 10.6 Å². The number of benzene rings is 1. The van der Waals surface area contributed by atoms with Crippen molar-refractivity contribution in [3.63, 3.8) is 0 Å². The van der Waals surface area contributed by atoms with Crippen LogP contribution in [0, 0.1) is 0 Å². The predicted molar refractivity (Wildman–Crippen MR) is 69.9 cm³/mol. The van der Waals surface area contributed by atoms with Crippen LogP contribution in [0.15, 0.2) is 24.3 Å². The van der Waals surface area contributed by atoms with E-state index in [9.17, 15) is 8.42 Å². The van der Waals surface area contributed by atoms with Crippen LogP contribution in [0.2, 0.25) is 0 Å². The fraction of sp³-hybridized carbons (Fsp3) is 0.500. The molecule has 17 heavy (non-hydrogen) atoms. The first-order valence-corrected chi connectivity index (χ1v) is 7.61. The van der Waals surface area contributed by atoms with E-state index in [0.29, 0.717) is 13.1 Å². The Morgan fingerprint density at radius 1 is 1.18 bits per heavy atom. The van der Waals surface area contributed by atoms with Crippen LogP contribution in [-0.2, 0) is 9.84 Å². The van der Waals surface area contributed by atoms with Crippen LogP contribution >= 0.6 is 0 Å². The lowest BCUT2D eigenvalue weighted by Gasteiger charge is -2.28. The molecule has 0 radical (unpaired) electrons. The molecule has 0 amide bonds. The minimum atomic E-state index is -2.81. The maximum atomic E-state index is 11.3. The van der Waals surface area contributed by atoms with Gasteiger partial charge in [-0.15, -0.1) is 0 Å². The molecular weight excluding hydrogens is 236 g/mol. The minimum absolute atomic E-state index is 0.0331. The summed E-state index contributed by atoms with van der Waals surface area (Å²) in [7, 11) is -2.81. The van der Waals surface area contributed by atoms with Crippen molar-refractivity contribution in [1.82, 2.24) is 0 Å². The van der Waals surface area contributed by atoms with Gasteiger partial charge in [-0.05, 0) is 24.6 Å². The van der Waals surface area contributed by atoms with Crippen molar-refractivity contribution < 1.29 is 8.42 Å². The molecule has 0 aromatic heterocycles. The molecule has 1 aromatic rings. The van der Waals surface area contributed by atoms with Crippen molar-refractivity contribution in [2.45, 2.75) is 13.0 Å². The van der Waals surface area contributed by atoms with E-state index >= 15 is 0 Å². The van der Waals surface area contributed by atoms with Crippen LogP contribution in [0.25, 0.3) is 0 Å². The van der Waals surface area contributed by atoms with E-state index in [0.717, 1.165) is 11.3 Å². The molecule has 5 heteroatoms. The quantitative estimate of drug-likeness (QED) is 0.853. The maximum Gasteiger partial charge on any atom is 0.153 e. The molecule has 1 atom stereocenters. The van der Waals surface area contributed by atoms with Gasteiger partial charge in [0.25, 0.3) is 0 Å². The zero-order valence-corrected chi connectivity index (χ0v) is 10.8. The first kappa shape index (κ1) is 12.4. The summed E-state index contributed by atoms with van der Waals surface area (Å²) < 4.78 is 22.7. The summed E-state index contributed by atoms with van der Waals surface area (Å²) in [6, 6.07) is 8.06. The van der Waals surface area contributed by atoms with Gasteiger partial charge in [0.15, 0.2) is 9.84 Å². The van der Waals surface area contributed by atoms with Crippen LogP contribution in [0.4, 0.5) is 5.69 Å². The maximum absolute atomic E-state index is 11.3. The Labute approximate surface area is 102 Å². The lowest BCUT2D eigenvalue weighted by Crippen LogP contribution is -2.40. The highest BCUT2D eigenvalue weighted by molar-refractivity contribution is 7.91. The van der Waals surface area contributed by atoms with Crippen molar-refractivity contribution in [2.75, 3.05) is 29.5 Å². The molecule has 2 rings (SSSR count). The Kier molecular flexibility index (Phi) is 3.40. The first-order valence-electron chi connectivity index (χ1n) is 5.79. The fourth-order valence-corrected chi connectivity index (χ4v) is 3.16. The highest BCUT2D eigenvalue weighted by Gasteiger charge is 2.21. The molecule has 0 unspecified atom stereocenters. The first-order chi connectivity index (χ1) is 7.98. The Balaban J connectivity index is 2.09. The molecule has 1 heterocycles. The third-order valence-electron chi connectivity index (χ3n) is 3.13. The van der Waals surface area contributed by atoms with Crippen LogP contribution in [0.3, 0.4) is 0 Å². The third kappa shape index (κ3) is 2.98. The molecule has 0 saturated carbocycles. The number of hydrogen-bond donors (Lipinski definition) is 1. The Morgan fingerprint density at radius 3 is 2.18 bits per heavy atom. The fourth-order valence-electron chi connectivity index (χ4n) is 1.96. The van der Waals surface area contributed by atoms with E-state index in [-0.39, 0.29) is 17.5 Å². The summed E-state index contributed by atoms with van der Waals surface area (Å²) >= 11 is 0. The number of anilines is 1. The third-order valence-corrected chi connectivity index (χ3v) is 4.74. The Bertz CT molecular complexity index is 466. The second-order valence-corrected chi connectivity index (χ2v) is 6.82.